The number of rotatable bonds is 8. The Balaban J connectivity index is 1.62. The highest BCUT2D eigenvalue weighted by Crippen LogP contribution is 2.21. The lowest BCUT2D eigenvalue weighted by atomic mass is 10.1. The van der Waals surface area contributed by atoms with Crippen LogP contribution >= 0.6 is 11.8 Å². The molecular weight excluding hydrogens is 384 g/mol. The van der Waals surface area contributed by atoms with Crippen LogP contribution in [-0.2, 0) is 18.3 Å². The smallest absolute Gasteiger partial charge is 0.257 e. The summed E-state index contributed by atoms with van der Waals surface area (Å²) < 4.78 is 1.56. The highest BCUT2D eigenvalue weighted by atomic mass is 32.2. The first-order chi connectivity index (χ1) is 14.0. The summed E-state index contributed by atoms with van der Waals surface area (Å²) in [6.45, 7) is 7.53. The molecule has 0 spiro atoms. The van der Waals surface area contributed by atoms with Crippen molar-refractivity contribution in [2.75, 3.05) is 26.2 Å². The van der Waals surface area contributed by atoms with Crippen LogP contribution < -0.4 is 10.9 Å². The Morgan fingerprint density at radius 3 is 2.62 bits per heavy atom. The zero-order valence-corrected chi connectivity index (χ0v) is 18.3. The average molecular weight is 415 g/mol. The third-order valence-corrected chi connectivity index (χ3v) is 6.49. The largest absolute Gasteiger partial charge is 0.354 e. The second-order valence-corrected chi connectivity index (χ2v) is 8.89. The van der Waals surface area contributed by atoms with Crippen molar-refractivity contribution in [3.8, 4) is 0 Å². The molecule has 1 N–H and O–H groups in total. The van der Waals surface area contributed by atoms with Crippen molar-refractivity contribution in [3.05, 3.63) is 57.5 Å². The quantitative estimate of drug-likeness (QED) is 0.531. The van der Waals surface area contributed by atoms with Crippen molar-refractivity contribution in [3.63, 3.8) is 0 Å². The number of nitrogens with one attached hydrogen (secondary N) is 1. The van der Waals surface area contributed by atoms with Gasteiger partial charge in [-0.15, -0.1) is 0 Å². The lowest BCUT2D eigenvalue weighted by molar-refractivity contribution is -0.120. The normalized spacial score (nSPS) is 15.4. The zero-order chi connectivity index (χ0) is 20.8. The van der Waals surface area contributed by atoms with Crippen LogP contribution in [0.5, 0.6) is 0 Å². The van der Waals surface area contributed by atoms with Crippen molar-refractivity contribution < 1.29 is 4.79 Å². The number of likely N-dealkylation sites (tertiary alicyclic amines) is 1. The predicted molar refractivity (Wildman–Crippen MR) is 117 cm³/mol. The van der Waals surface area contributed by atoms with Gasteiger partial charge in [-0.05, 0) is 45.3 Å². The molecule has 29 heavy (non-hydrogen) atoms. The molecule has 1 aliphatic rings. The maximum atomic E-state index is 12.9. The van der Waals surface area contributed by atoms with E-state index < -0.39 is 0 Å². The van der Waals surface area contributed by atoms with Gasteiger partial charge in [0.05, 0.1) is 5.25 Å². The lowest BCUT2D eigenvalue weighted by Crippen LogP contribution is -2.37. The van der Waals surface area contributed by atoms with Crippen LogP contribution in [0.3, 0.4) is 0 Å². The van der Waals surface area contributed by atoms with E-state index in [1.807, 2.05) is 44.2 Å². The number of aryl methyl sites for hydroxylation is 1. The van der Waals surface area contributed by atoms with E-state index in [-0.39, 0.29) is 16.7 Å². The molecule has 1 unspecified atom stereocenters. The van der Waals surface area contributed by atoms with Crippen molar-refractivity contribution >= 4 is 17.7 Å². The summed E-state index contributed by atoms with van der Waals surface area (Å²) in [6, 6.07) is 9.92. The minimum Gasteiger partial charge on any atom is -0.354 e. The topological polar surface area (TPSA) is 67.2 Å². The molecule has 0 saturated carbocycles. The van der Waals surface area contributed by atoms with Crippen LogP contribution in [0, 0.1) is 6.92 Å². The number of aromatic nitrogens is 2. The van der Waals surface area contributed by atoms with Crippen molar-refractivity contribution in [2.45, 2.75) is 43.5 Å². The van der Waals surface area contributed by atoms with Gasteiger partial charge in [-0.3, -0.25) is 14.2 Å². The van der Waals surface area contributed by atoms with E-state index in [2.05, 4.69) is 15.2 Å². The average Bonchev–Trinajstić information content (AvgIpc) is 3.23. The molecule has 1 atom stereocenters. The summed E-state index contributed by atoms with van der Waals surface area (Å²) in [5.74, 6) is -0.0190. The van der Waals surface area contributed by atoms with Gasteiger partial charge in [0.2, 0.25) is 5.91 Å². The Morgan fingerprint density at radius 2 is 1.93 bits per heavy atom. The molecule has 156 valence electrons. The minimum absolute atomic E-state index is 0.0190. The van der Waals surface area contributed by atoms with Gasteiger partial charge in [-0.1, -0.05) is 42.1 Å². The SMILES string of the molecule is Cc1nc(SC(C)C(=O)NCCN2CCCC2)n(C)c(=O)c1Cc1ccccc1. The third kappa shape index (κ3) is 5.70. The molecule has 1 amide bonds. The second kappa shape index (κ2) is 10.1. The third-order valence-electron chi connectivity index (χ3n) is 5.35. The molecule has 7 heteroatoms. The summed E-state index contributed by atoms with van der Waals surface area (Å²) in [6.07, 6.45) is 3.06. The van der Waals surface area contributed by atoms with E-state index >= 15 is 0 Å². The van der Waals surface area contributed by atoms with Crippen molar-refractivity contribution in [1.82, 2.24) is 19.8 Å². The van der Waals surface area contributed by atoms with Gasteiger partial charge < -0.3 is 10.2 Å². The Morgan fingerprint density at radius 1 is 1.24 bits per heavy atom. The highest BCUT2D eigenvalue weighted by Gasteiger charge is 2.20. The molecule has 1 aliphatic heterocycles. The maximum absolute atomic E-state index is 12.9. The van der Waals surface area contributed by atoms with Crippen LogP contribution in [0.2, 0.25) is 0 Å². The maximum Gasteiger partial charge on any atom is 0.257 e. The van der Waals surface area contributed by atoms with E-state index in [0.29, 0.717) is 23.7 Å². The fourth-order valence-electron chi connectivity index (χ4n) is 3.54. The number of thioether (sulfide) groups is 1. The van der Waals surface area contributed by atoms with Gasteiger partial charge >= 0.3 is 0 Å². The molecule has 1 saturated heterocycles. The minimum atomic E-state index is -0.314. The molecule has 1 aromatic carbocycles. The number of amides is 1. The second-order valence-electron chi connectivity index (χ2n) is 7.58. The first-order valence-corrected chi connectivity index (χ1v) is 11.1. The summed E-state index contributed by atoms with van der Waals surface area (Å²) in [4.78, 5) is 32.3. The first kappa shape index (κ1) is 21.6. The van der Waals surface area contributed by atoms with E-state index in [4.69, 9.17) is 0 Å². The molecule has 1 aromatic heterocycles. The molecule has 1 fully saturated rings. The highest BCUT2D eigenvalue weighted by molar-refractivity contribution is 8.00. The fourth-order valence-corrected chi connectivity index (χ4v) is 4.47. The van der Waals surface area contributed by atoms with E-state index in [0.717, 1.165) is 30.9 Å². The number of carbonyl (C=O) groups excluding carboxylic acids is 1. The molecule has 0 aliphatic carbocycles. The summed E-state index contributed by atoms with van der Waals surface area (Å²) in [7, 11) is 1.73. The molecule has 0 radical (unpaired) electrons. The van der Waals surface area contributed by atoms with Gasteiger partial charge in [-0.25, -0.2) is 4.98 Å². The summed E-state index contributed by atoms with van der Waals surface area (Å²) in [5.41, 5.74) is 2.46. The summed E-state index contributed by atoms with van der Waals surface area (Å²) >= 11 is 1.33. The Bertz CT molecular complexity index is 892. The lowest BCUT2D eigenvalue weighted by Gasteiger charge is -2.17. The zero-order valence-electron chi connectivity index (χ0n) is 17.5. The Hall–Kier alpha value is -2.12. The van der Waals surface area contributed by atoms with Crippen molar-refractivity contribution in [2.24, 2.45) is 7.05 Å². The van der Waals surface area contributed by atoms with Crippen LogP contribution in [0.15, 0.2) is 40.3 Å². The summed E-state index contributed by atoms with van der Waals surface area (Å²) in [5, 5.41) is 3.27. The number of hydrogen-bond acceptors (Lipinski definition) is 5. The fraction of sp³-hybridized carbons (Fsp3) is 0.500. The molecule has 0 bridgehead atoms. The standard InChI is InChI=1S/C22H30N4O2S/c1-16-19(15-18-9-5-4-6-10-18)21(28)25(3)22(24-16)29-17(2)20(27)23-11-14-26-12-7-8-13-26/h4-6,9-10,17H,7-8,11-15H2,1-3H3,(H,23,27). The number of carbonyl (C=O) groups is 1. The molecule has 2 aromatic rings. The Kier molecular flexibility index (Phi) is 7.50. The molecule has 6 nitrogen and oxygen atoms in total. The van der Waals surface area contributed by atoms with E-state index in [9.17, 15) is 9.59 Å². The number of hydrogen-bond donors (Lipinski definition) is 1. The predicted octanol–water partition coefficient (Wildman–Crippen LogP) is 2.37. The molecular formula is C22H30N4O2S. The monoisotopic (exact) mass is 414 g/mol. The number of benzene rings is 1. The molecule has 2 heterocycles. The van der Waals surface area contributed by atoms with Crippen LogP contribution in [0.4, 0.5) is 0 Å². The number of nitrogens with zero attached hydrogens (tertiary/aromatic N) is 3. The van der Waals surface area contributed by atoms with Gasteiger partial charge in [-0.2, -0.15) is 0 Å². The van der Waals surface area contributed by atoms with Crippen LogP contribution in [0.25, 0.3) is 0 Å². The van der Waals surface area contributed by atoms with Gasteiger partial charge in [0.1, 0.15) is 0 Å². The molecule has 3 rings (SSSR count). The van der Waals surface area contributed by atoms with Crippen LogP contribution in [0.1, 0.15) is 36.6 Å². The van der Waals surface area contributed by atoms with Gasteiger partial charge in [0.15, 0.2) is 5.16 Å². The van der Waals surface area contributed by atoms with E-state index in [1.54, 1.807) is 11.6 Å². The van der Waals surface area contributed by atoms with Gasteiger partial charge in [0.25, 0.3) is 5.56 Å². The van der Waals surface area contributed by atoms with E-state index in [1.165, 1.54) is 24.6 Å². The van der Waals surface area contributed by atoms with Gasteiger partial charge in [0, 0.05) is 37.8 Å². The van der Waals surface area contributed by atoms with Crippen LogP contribution in [-0.4, -0.2) is 51.8 Å². The Labute approximate surface area is 176 Å². The van der Waals surface area contributed by atoms with Crippen molar-refractivity contribution in [1.29, 1.82) is 0 Å². The first-order valence-electron chi connectivity index (χ1n) is 10.2.